The van der Waals surface area contributed by atoms with Crippen molar-refractivity contribution < 1.29 is 8.42 Å². The van der Waals surface area contributed by atoms with Crippen molar-refractivity contribution in [1.29, 1.82) is 0 Å². The van der Waals surface area contributed by atoms with E-state index in [9.17, 15) is 13.2 Å². The number of nitrogens with one attached hydrogen (secondary N) is 1. The van der Waals surface area contributed by atoms with Crippen molar-refractivity contribution in [3.8, 4) is 0 Å². The zero-order valence-corrected chi connectivity index (χ0v) is 20.5. The molecule has 8 heteroatoms. The first-order chi connectivity index (χ1) is 15.3. The number of nitrogens with zero attached hydrogens (tertiary/aromatic N) is 2. The molecule has 1 N–H and O–H groups in total. The Balaban J connectivity index is 1.51. The molecule has 1 fully saturated rings. The molecule has 6 nitrogen and oxygen atoms in total. The van der Waals surface area contributed by atoms with Crippen molar-refractivity contribution in [2.75, 3.05) is 18.0 Å². The number of hydrogen-bond acceptors (Lipinski definition) is 5. The zero-order valence-electron chi connectivity index (χ0n) is 18.9. The van der Waals surface area contributed by atoms with Crippen LogP contribution in [-0.4, -0.2) is 26.1 Å². The number of thiazole rings is 1. The number of benzene rings is 2. The van der Waals surface area contributed by atoms with Crippen LogP contribution < -0.4 is 14.5 Å². The van der Waals surface area contributed by atoms with E-state index in [-0.39, 0.29) is 15.8 Å². The molecule has 2 heterocycles. The minimum absolute atomic E-state index is 0.0547. The summed E-state index contributed by atoms with van der Waals surface area (Å²) in [6.45, 7) is 8.92. The molecule has 3 aromatic rings. The molecule has 0 bridgehead atoms. The molecular formula is C24H31N3O3S2. The highest BCUT2D eigenvalue weighted by Gasteiger charge is 2.21. The maximum atomic E-state index is 13.0. The van der Waals surface area contributed by atoms with Crippen LogP contribution in [0.3, 0.4) is 0 Å². The lowest BCUT2D eigenvalue weighted by atomic mass is 9.99. The van der Waals surface area contributed by atoms with Crippen LogP contribution in [0.5, 0.6) is 0 Å². The van der Waals surface area contributed by atoms with Gasteiger partial charge in [0.25, 0.3) is 0 Å². The maximum absolute atomic E-state index is 13.0. The van der Waals surface area contributed by atoms with Crippen LogP contribution in [0, 0.1) is 5.92 Å². The molecule has 2 atom stereocenters. The van der Waals surface area contributed by atoms with Gasteiger partial charge in [-0.3, -0.25) is 9.36 Å². The van der Waals surface area contributed by atoms with Gasteiger partial charge >= 0.3 is 4.87 Å². The van der Waals surface area contributed by atoms with E-state index in [0.29, 0.717) is 17.2 Å². The molecule has 4 rings (SSSR count). The monoisotopic (exact) mass is 473 g/mol. The third-order valence-electron chi connectivity index (χ3n) is 6.14. The zero-order chi connectivity index (χ0) is 22.9. The van der Waals surface area contributed by atoms with Crippen molar-refractivity contribution in [1.82, 2.24) is 9.29 Å². The summed E-state index contributed by atoms with van der Waals surface area (Å²) in [5, 5.41) is 0. The highest BCUT2D eigenvalue weighted by molar-refractivity contribution is 7.89. The molecule has 0 radical (unpaired) electrons. The summed E-state index contributed by atoms with van der Waals surface area (Å²) in [4.78, 5) is 14.8. The number of fused-ring (bicyclic) bond motifs is 1. The van der Waals surface area contributed by atoms with Gasteiger partial charge in [-0.15, -0.1) is 0 Å². The first-order valence-corrected chi connectivity index (χ1v) is 13.6. The van der Waals surface area contributed by atoms with E-state index in [1.54, 1.807) is 22.8 Å². The van der Waals surface area contributed by atoms with E-state index in [0.717, 1.165) is 41.9 Å². The normalized spacial score (nSPS) is 18.2. The summed E-state index contributed by atoms with van der Waals surface area (Å²) in [5.41, 5.74) is 2.89. The molecule has 0 saturated carbocycles. The number of hydrogen-bond donors (Lipinski definition) is 1. The first-order valence-electron chi connectivity index (χ1n) is 11.3. The molecule has 1 aliphatic heterocycles. The molecule has 0 unspecified atom stereocenters. The van der Waals surface area contributed by atoms with Gasteiger partial charge in [0.05, 0.1) is 15.1 Å². The van der Waals surface area contributed by atoms with Crippen molar-refractivity contribution in [3.05, 3.63) is 57.7 Å². The summed E-state index contributed by atoms with van der Waals surface area (Å²) >= 11 is 1.09. The Labute approximate surface area is 193 Å². The summed E-state index contributed by atoms with van der Waals surface area (Å²) in [7, 11) is -3.72. The molecule has 1 saturated heterocycles. The van der Waals surface area contributed by atoms with E-state index in [1.165, 1.54) is 18.5 Å². The van der Waals surface area contributed by atoms with Crippen LogP contribution in [0.25, 0.3) is 10.2 Å². The van der Waals surface area contributed by atoms with Crippen LogP contribution in [0.1, 0.15) is 51.6 Å². The van der Waals surface area contributed by atoms with Crippen molar-refractivity contribution in [2.45, 2.75) is 57.5 Å². The van der Waals surface area contributed by atoms with Gasteiger partial charge in [-0.2, -0.15) is 0 Å². The number of rotatable bonds is 7. The van der Waals surface area contributed by atoms with E-state index in [2.05, 4.69) is 28.7 Å². The summed E-state index contributed by atoms with van der Waals surface area (Å²) in [5.74, 6) is 0.698. The van der Waals surface area contributed by atoms with Crippen LogP contribution in [0.15, 0.2) is 52.2 Å². The van der Waals surface area contributed by atoms with E-state index in [4.69, 9.17) is 0 Å². The molecule has 172 valence electrons. The highest BCUT2D eigenvalue weighted by atomic mass is 32.2. The van der Waals surface area contributed by atoms with Gasteiger partial charge in [-0.1, -0.05) is 37.3 Å². The molecule has 0 aliphatic carbocycles. The van der Waals surface area contributed by atoms with Crippen molar-refractivity contribution in [3.63, 3.8) is 0 Å². The Morgan fingerprint density at radius 2 is 1.94 bits per heavy atom. The lowest BCUT2D eigenvalue weighted by Gasteiger charge is -2.33. The lowest BCUT2D eigenvalue weighted by molar-refractivity contribution is 0.447. The fourth-order valence-corrected chi connectivity index (χ4v) is 6.70. The number of piperidine rings is 1. The Morgan fingerprint density at radius 3 is 2.62 bits per heavy atom. The van der Waals surface area contributed by atoms with Gasteiger partial charge in [-0.05, 0) is 68.0 Å². The van der Waals surface area contributed by atoms with Crippen molar-refractivity contribution in [2.24, 2.45) is 5.92 Å². The minimum atomic E-state index is -3.72. The quantitative estimate of drug-likeness (QED) is 0.538. The Kier molecular flexibility index (Phi) is 6.74. The molecule has 32 heavy (non-hydrogen) atoms. The second-order valence-electron chi connectivity index (χ2n) is 8.78. The number of aryl methyl sites for hydroxylation is 1. The average molecular weight is 474 g/mol. The predicted octanol–water partition coefficient (Wildman–Crippen LogP) is 4.75. The lowest BCUT2D eigenvalue weighted by Crippen LogP contribution is -2.34. The average Bonchev–Trinajstić information content (AvgIpc) is 3.08. The van der Waals surface area contributed by atoms with Gasteiger partial charge < -0.3 is 4.90 Å². The Bertz CT molecular complexity index is 1250. The maximum Gasteiger partial charge on any atom is 0.308 e. The SMILES string of the molecule is CCCn1c(=O)sc2cc(S(=O)(=O)N[C@@H](C)c3ccc(N4CCC[C@H](C)C4)cc3)ccc21. The third-order valence-corrected chi connectivity index (χ3v) is 8.62. The Hall–Kier alpha value is -2.16. The van der Waals surface area contributed by atoms with Gasteiger partial charge in [-0.25, -0.2) is 13.1 Å². The van der Waals surface area contributed by atoms with Crippen LogP contribution >= 0.6 is 11.3 Å². The molecule has 1 aromatic heterocycles. The number of anilines is 1. The van der Waals surface area contributed by atoms with Gasteiger partial charge in [0.1, 0.15) is 0 Å². The second kappa shape index (κ2) is 9.37. The molecule has 0 spiro atoms. The van der Waals surface area contributed by atoms with E-state index < -0.39 is 10.0 Å². The summed E-state index contributed by atoms with van der Waals surface area (Å²) < 4.78 is 31.2. The first kappa shape index (κ1) is 23.0. The van der Waals surface area contributed by atoms with Crippen molar-refractivity contribution >= 4 is 37.3 Å². The van der Waals surface area contributed by atoms with Gasteiger partial charge in [0, 0.05) is 31.4 Å². The number of sulfonamides is 1. The van der Waals surface area contributed by atoms with Gasteiger partial charge in [0.2, 0.25) is 10.0 Å². The third kappa shape index (κ3) is 4.77. The summed E-state index contributed by atoms with van der Waals surface area (Å²) in [6.07, 6.45) is 3.33. The van der Waals surface area contributed by atoms with Crippen LogP contribution in [-0.2, 0) is 16.6 Å². The van der Waals surface area contributed by atoms with Crippen LogP contribution in [0.4, 0.5) is 5.69 Å². The topological polar surface area (TPSA) is 71.4 Å². The molecule has 1 aliphatic rings. The molecular weight excluding hydrogens is 442 g/mol. The minimum Gasteiger partial charge on any atom is -0.371 e. The van der Waals surface area contributed by atoms with Gasteiger partial charge in [0.15, 0.2) is 0 Å². The number of aromatic nitrogens is 1. The van der Waals surface area contributed by atoms with E-state index >= 15 is 0 Å². The fourth-order valence-electron chi connectivity index (χ4n) is 4.42. The van der Waals surface area contributed by atoms with Crippen LogP contribution in [0.2, 0.25) is 0 Å². The smallest absolute Gasteiger partial charge is 0.308 e. The molecule has 0 amide bonds. The Morgan fingerprint density at radius 1 is 1.19 bits per heavy atom. The highest BCUT2D eigenvalue weighted by Crippen LogP contribution is 2.26. The summed E-state index contributed by atoms with van der Waals surface area (Å²) in [6, 6.07) is 12.7. The second-order valence-corrected chi connectivity index (χ2v) is 11.5. The molecule has 2 aromatic carbocycles. The fraction of sp³-hybridized carbons (Fsp3) is 0.458. The predicted molar refractivity (Wildman–Crippen MR) is 132 cm³/mol. The van der Waals surface area contributed by atoms with E-state index in [1.807, 2.05) is 26.0 Å². The standard InChI is InChI=1S/C24H31N3O3S2/c1-4-13-27-22-12-11-21(15-23(22)31-24(27)28)32(29,30)25-18(3)19-7-9-20(10-8-19)26-14-5-6-17(2)16-26/h7-12,15,17-18,25H,4-6,13-14,16H2,1-3H3/t17-,18-/m0/s1. The largest absolute Gasteiger partial charge is 0.371 e.